The maximum atomic E-state index is 6.00. The molecule has 0 aromatic heterocycles. The van der Waals surface area contributed by atoms with Gasteiger partial charge in [-0.2, -0.15) is 0 Å². The van der Waals surface area contributed by atoms with Gasteiger partial charge in [0.2, 0.25) is 0 Å². The summed E-state index contributed by atoms with van der Waals surface area (Å²) in [5.41, 5.74) is 1.78. The minimum atomic E-state index is 0.136. The Morgan fingerprint density at radius 1 is 1.25 bits per heavy atom. The second-order valence-electron chi connectivity index (χ2n) is 7.70. The summed E-state index contributed by atoms with van der Waals surface area (Å²) in [6.45, 7) is 12.3. The van der Waals surface area contributed by atoms with Crippen molar-refractivity contribution in [3.8, 4) is 5.75 Å². The first-order valence-electron chi connectivity index (χ1n) is 7.35. The van der Waals surface area contributed by atoms with E-state index in [0.29, 0.717) is 5.41 Å². The van der Waals surface area contributed by atoms with Crippen molar-refractivity contribution in [2.45, 2.75) is 59.1 Å². The predicted molar refractivity (Wildman–Crippen MR) is 88.4 cm³/mol. The smallest absolute Gasteiger partial charge is 0.123 e. The third-order valence-electron chi connectivity index (χ3n) is 3.54. The molecule has 1 aromatic rings. The Bertz CT molecular complexity index is 476. The third kappa shape index (κ3) is 4.49. The molecule has 1 unspecified atom stereocenters. The summed E-state index contributed by atoms with van der Waals surface area (Å²) >= 11 is 3.52. The highest BCUT2D eigenvalue weighted by molar-refractivity contribution is 9.10. The van der Waals surface area contributed by atoms with Gasteiger partial charge in [0.1, 0.15) is 11.9 Å². The van der Waals surface area contributed by atoms with Crippen LogP contribution in [0.3, 0.4) is 0 Å². The zero-order chi connectivity index (χ0) is 15.0. The van der Waals surface area contributed by atoms with Crippen LogP contribution in [-0.2, 0) is 6.42 Å². The number of ether oxygens (including phenoxy) is 1. The van der Waals surface area contributed by atoms with E-state index in [2.05, 4.69) is 68.0 Å². The summed E-state index contributed by atoms with van der Waals surface area (Å²) in [6, 6.07) is 6.26. The van der Waals surface area contributed by atoms with Crippen LogP contribution >= 0.6 is 15.9 Å². The van der Waals surface area contributed by atoms with Gasteiger partial charge < -0.3 is 10.1 Å². The van der Waals surface area contributed by atoms with Crippen molar-refractivity contribution in [3.63, 3.8) is 0 Å². The monoisotopic (exact) mass is 339 g/mol. The molecule has 20 heavy (non-hydrogen) atoms. The van der Waals surface area contributed by atoms with Gasteiger partial charge in [-0.1, -0.05) is 36.7 Å². The minimum Gasteiger partial charge on any atom is -0.488 e. The van der Waals surface area contributed by atoms with Gasteiger partial charge in [-0.3, -0.25) is 0 Å². The van der Waals surface area contributed by atoms with E-state index in [-0.39, 0.29) is 11.6 Å². The van der Waals surface area contributed by atoms with Crippen molar-refractivity contribution >= 4 is 15.9 Å². The maximum absolute atomic E-state index is 6.00. The van der Waals surface area contributed by atoms with E-state index in [4.69, 9.17) is 4.74 Å². The van der Waals surface area contributed by atoms with Crippen LogP contribution in [0.2, 0.25) is 0 Å². The van der Waals surface area contributed by atoms with Crippen LogP contribution < -0.4 is 10.1 Å². The van der Waals surface area contributed by atoms with Crippen LogP contribution in [0.4, 0.5) is 0 Å². The molecule has 1 atom stereocenters. The van der Waals surface area contributed by atoms with Gasteiger partial charge in [-0.15, -0.1) is 0 Å². The predicted octanol–water partition coefficient (Wildman–Crippen LogP) is 4.56. The molecule has 1 aliphatic rings. The molecule has 1 N–H and O–H groups in total. The number of hydrogen-bond donors (Lipinski definition) is 1. The zero-order valence-corrected chi connectivity index (χ0v) is 14.8. The lowest BCUT2D eigenvalue weighted by Crippen LogP contribution is -2.46. The van der Waals surface area contributed by atoms with Gasteiger partial charge >= 0.3 is 0 Å². The highest BCUT2D eigenvalue weighted by Crippen LogP contribution is 2.32. The molecule has 1 aliphatic heterocycles. The summed E-state index contributed by atoms with van der Waals surface area (Å²) in [5, 5.41) is 3.67. The first-order valence-corrected chi connectivity index (χ1v) is 8.14. The van der Waals surface area contributed by atoms with Crippen LogP contribution in [-0.4, -0.2) is 18.2 Å². The van der Waals surface area contributed by atoms with Gasteiger partial charge in [-0.25, -0.2) is 0 Å². The Kier molecular flexibility index (Phi) is 4.50. The van der Waals surface area contributed by atoms with E-state index in [0.717, 1.165) is 29.6 Å². The van der Waals surface area contributed by atoms with E-state index < -0.39 is 0 Å². The number of halogens is 1. The molecule has 1 heterocycles. The van der Waals surface area contributed by atoms with Crippen molar-refractivity contribution < 1.29 is 4.74 Å². The second kappa shape index (κ2) is 5.69. The average molecular weight is 340 g/mol. The maximum Gasteiger partial charge on any atom is 0.123 e. The first kappa shape index (κ1) is 15.8. The van der Waals surface area contributed by atoms with Crippen molar-refractivity contribution in [3.05, 3.63) is 28.2 Å². The SMILES string of the molecule is CC(C)(C)CC(C)(C)NCC1Cc2cc(Br)ccc2O1. The molecule has 0 saturated heterocycles. The third-order valence-corrected chi connectivity index (χ3v) is 4.04. The van der Waals surface area contributed by atoms with Crippen LogP contribution in [0.1, 0.15) is 46.6 Å². The highest BCUT2D eigenvalue weighted by Gasteiger charge is 2.28. The molecule has 112 valence electrons. The lowest BCUT2D eigenvalue weighted by Gasteiger charge is -2.34. The van der Waals surface area contributed by atoms with Crippen LogP contribution in [0.15, 0.2) is 22.7 Å². The lowest BCUT2D eigenvalue weighted by atomic mass is 9.82. The van der Waals surface area contributed by atoms with E-state index >= 15 is 0 Å². The summed E-state index contributed by atoms with van der Waals surface area (Å²) in [7, 11) is 0. The Morgan fingerprint density at radius 3 is 2.60 bits per heavy atom. The molecular formula is C17H26BrNO. The first-order chi connectivity index (χ1) is 9.15. The number of hydrogen-bond acceptors (Lipinski definition) is 2. The molecule has 2 rings (SSSR count). The van der Waals surface area contributed by atoms with Gasteiger partial charge in [0.15, 0.2) is 0 Å². The molecule has 0 fully saturated rings. The lowest BCUT2D eigenvalue weighted by molar-refractivity contribution is 0.184. The minimum absolute atomic E-state index is 0.136. The normalized spacial score (nSPS) is 18.8. The van der Waals surface area contributed by atoms with Crippen LogP contribution in [0.25, 0.3) is 0 Å². The molecular weight excluding hydrogens is 314 g/mol. The van der Waals surface area contributed by atoms with Crippen molar-refractivity contribution in [2.24, 2.45) is 5.41 Å². The number of fused-ring (bicyclic) bond motifs is 1. The van der Waals surface area contributed by atoms with Gasteiger partial charge in [0.05, 0.1) is 0 Å². The number of rotatable bonds is 4. The summed E-state index contributed by atoms with van der Waals surface area (Å²) in [4.78, 5) is 0. The van der Waals surface area contributed by atoms with Gasteiger partial charge in [0.25, 0.3) is 0 Å². The Balaban J connectivity index is 1.88. The summed E-state index contributed by atoms with van der Waals surface area (Å²) < 4.78 is 7.13. The Morgan fingerprint density at radius 2 is 1.95 bits per heavy atom. The molecule has 0 bridgehead atoms. The number of benzene rings is 1. The van der Waals surface area contributed by atoms with Crippen molar-refractivity contribution in [2.75, 3.05) is 6.54 Å². The summed E-state index contributed by atoms with van der Waals surface area (Å²) in [6.07, 6.45) is 2.39. The van der Waals surface area contributed by atoms with E-state index in [1.807, 2.05) is 6.07 Å². The van der Waals surface area contributed by atoms with Crippen LogP contribution in [0, 0.1) is 5.41 Å². The highest BCUT2D eigenvalue weighted by atomic mass is 79.9. The van der Waals surface area contributed by atoms with Crippen molar-refractivity contribution in [1.29, 1.82) is 0 Å². The Hall–Kier alpha value is -0.540. The topological polar surface area (TPSA) is 21.3 Å². The average Bonchev–Trinajstić information content (AvgIpc) is 2.65. The fourth-order valence-corrected chi connectivity index (χ4v) is 3.59. The fraction of sp³-hybridized carbons (Fsp3) is 0.647. The van der Waals surface area contributed by atoms with Gasteiger partial charge in [-0.05, 0) is 49.4 Å². The standard InChI is InChI=1S/C17H26BrNO/c1-16(2,3)11-17(4,5)19-10-14-9-12-8-13(18)6-7-15(12)20-14/h6-8,14,19H,9-11H2,1-5H3. The molecule has 0 radical (unpaired) electrons. The van der Waals surface area contributed by atoms with Crippen LogP contribution in [0.5, 0.6) is 5.75 Å². The summed E-state index contributed by atoms with van der Waals surface area (Å²) in [5.74, 6) is 1.04. The zero-order valence-electron chi connectivity index (χ0n) is 13.2. The molecule has 0 saturated carbocycles. The van der Waals surface area contributed by atoms with E-state index in [9.17, 15) is 0 Å². The number of nitrogens with one attached hydrogen (secondary N) is 1. The molecule has 0 amide bonds. The molecule has 0 aliphatic carbocycles. The van der Waals surface area contributed by atoms with Gasteiger partial charge in [0, 0.05) is 23.0 Å². The second-order valence-corrected chi connectivity index (χ2v) is 8.61. The van der Waals surface area contributed by atoms with E-state index in [1.54, 1.807) is 0 Å². The largest absolute Gasteiger partial charge is 0.488 e. The van der Waals surface area contributed by atoms with Crippen molar-refractivity contribution in [1.82, 2.24) is 5.32 Å². The quantitative estimate of drug-likeness (QED) is 0.868. The molecule has 3 heteroatoms. The van der Waals surface area contributed by atoms with E-state index in [1.165, 1.54) is 5.56 Å². The Labute approximate surface area is 131 Å². The molecule has 2 nitrogen and oxygen atoms in total. The molecule has 1 aromatic carbocycles. The molecule has 0 spiro atoms. The fourth-order valence-electron chi connectivity index (χ4n) is 3.18.